The van der Waals surface area contributed by atoms with Crippen LogP contribution in [0.3, 0.4) is 0 Å². The summed E-state index contributed by atoms with van der Waals surface area (Å²) in [5.41, 5.74) is 0.227. The molecular weight excluding hydrogens is 349 g/mol. The molecule has 0 saturated carbocycles. The van der Waals surface area contributed by atoms with Crippen LogP contribution in [0.15, 0.2) is 30.3 Å². The van der Waals surface area contributed by atoms with Gasteiger partial charge in [0.1, 0.15) is 0 Å². The maximum atomic E-state index is 13.4. The monoisotopic (exact) mass is 362 g/mol. The molecule has 0 aliphatic carbocycles. The van der Waals surface area contributed by atoms with Crippen molar-refractivity contribution < 1.29 is 35.5 Å². The molecule has 0 radical (unpaired) electrons. The highest BCUT2D eigenvalue weighted by atomic mass is 32.2. The third-order valence-corrected chi connectivity index (χ3v) is 3.83. The Labute approximate surface area is 132 Å². The number of rotatable bonds is 8. The second-order valence-electron chi connectivity index (χ2n) is 4.71. The molecule has 1 aromatic rings. The van der Waals surface area contributed by atoms with Gasteiger partial charge in [0.25, 0.3) is 5.92 Å². The first kappa shape index (κ1) is 19.8. The van der Waals surface area contributed by atoms with E-state index in [4.69, 9.17) is 0 Å². The van der Waals surface area contributed by atoms with E-state index in [1.165, 1.54) is 12.1 Å². The minimum atomic E-state index is -4.82. The van der Waals surface area contributed by atoms with Gasteiger partial charge in [-0.1, -0.05) is 42.1 Å². The van der Waals surface area contributed by atoms with Crippen LogP contribution >= 0.6 is 11.8 Å². The van der Waals surface area contributed by atoms with Gasteiger partial charge in [0.2, 0.25) is 17.5 Å². The summed E-state index contributed by atoms with van der Waals surface area (Å²) in [6.07, 6.45) is -9.15. The molecular formula is C14H13F7OS. The van der Waals surface area contributed by atoms with Crippen molar-refractivity contribution in [1.29, 1.82) is 0 Å². The van der Waals surface area contributed by atoms with Crippen molar-refractivity contribution in [2.24, 2.45) is 0 Å². The Balaban J connectivity index is 2.56. The summed E-state index contributed by atoms with van der Waals surface area (Å²) >= 11 is 0.429. The molecule has 9 heteroatoms. The molecule has 23 heavy (non-hydrogen) atoms. The zero-order valence-electron chi connectivity index (χ0n) is 11.6. The fourth-order valence-corrected chi connectivity index (χ4v) is 2.44. The molecule has 0 saturated heterocycles. The van der Waals surface area contributed by atoms with E-state index >= 15 is 0 Å². The van der Waals surface area contributed by atoms with E-state index in [0.717, 1.165) is 0 Å². The predicted octanol–water partition coefficient (Wildman–Crippen LogP) is 4.87. The standard InChI is InChI=1S/C14H13F7OS/c15-8-14(20,21)11(17)10(16)13(18,19)6-7-23-12(22)9-4-2-1-3-5-9/h1-5,10-11H,6-8H2. The van der Waals surface area contributed by atoms with E-state index in [-0.39, 0.29) is 5.56 Å². The summed E-state index contributed by atoms with van der Waals surface area (Å²) in [5, 5.41) is -0.567. The lowest BCUT2D eigenvalue weighted by Crippen LogP contribution is -2.47. The first-order chi connectivity index (χ1) is 10.6. The van der Waals surface area contributed by atoms with Gasteiger partial charge in [-0.05, 0) is 0 Å². The summed E-state index contributed by atoms with van der Waals surface area (Å²) < 4.78 is 90.1. The lowest BCUT2D eigenvalue weighted by Gasteiger charge is -2.26. The van der Waals surface area contributed by atoms with E-state index in [1.807, 2.05) is 0 Å². The number of alkyl halides is 7. The highest BCUT2D eigenvalue weighted by Gasteiger charge is 2.55. The molecule has 130 valence electrons. The molecule has 0 N–H and O–H groups in total. The molecule has 0 amide bonds. The molecule has 1 rings (SSSR count). The maximum absolute atomic E-state index is 13.4. The average molecular weight is 362 g/mol. The van der Waals surface area contributed by atoms with Crippen LogP contribution in [0.2, 0.25) is 0 Å². The Morgan fingerprint density at radius 1 is 1.00 bits per heavy atom. The van der Waals surface area contributed by atoms with Crippen molar-refractivity contribution in [2.45, 2.75) is 30.6 Å². The largest absolute Gasteiger partial charge is 0.309 e. The number of carbonyl (C=O) groups is 1. The van der Waals surface area contributed by atoms with Gasteiger partial charge in [-0.25, -0.2) is 30.7 Å². The summed E-state index contributed by atoms with van der Waals surface area (Å²) in [6.45, 7) is -2.58. The van der Waals surface area contributed by atoms with Gasteiger partial charge in [-0.3, -0.25) is 4.79 Å². The molecule has 0 aromatic heterocycles. The van der Waals surface area contributed by atoms with Crippen LogP contribution in [-0.2, 0) is 0 Å². The zero-order chi connectivity index (χ0) is 17.7. The van der Waals surface area contributed by atoms with E-state index in [9.17, 15) is 35.5 Å². The third-order valence-electron chi connectivity index (χ3n) is 2.92. The highest BCUT2D eigenvalue weighted by Crippen LogP contribution is 2.36. The van der Waals surface area contributed by atoms with Gasteiger partial charge in [0.05, 0.1) is 0 Å². The quantitative estimate of drug-likeness (QED) is 0.614. The van der Waals surface area contributed by atoms with E-state index in [0.29, 0.717) is 11.8 Å². The lowest BCUT2D eigenvalue weighted by atomic mass is 10.0. The second-order valence-corrected chi connectivity index (χ2v) is 5.78. The van der Waals surface area contributed by atoms with Crippen LogP contribution in [-0.4, -0.2) is 41.7 Å². The molecule has 0 fully saturated rings. The molecule has 0 bridgehead atoms. The van der Waals surface area contributed by atoms with E-state index in [2.05, 4.69) is 0 Å². The van der Waals surface area contributed by atoms with Crippen molar-refractivity contribution in [2.75, 3.05) is 12.4 Å². The minimum Gasteiger partial charge on any atom is -0.282 e. The number of hydrogen-bond donors (Lipinski definition) is 0. The SMILES string of the molecule is O=C(SCCC(F)(F)C(F)C(F)C(F)(F)CF)c1ccccc1. The molecule has 0 aliphatic rings. The van der Waals surface area contributed by atoms with Gasteiger partial charge in [0, 0.05) is 17.7 Å². The number of benzene rings is 1. The Morgan fingerprint density at radius 2 is 1.52 bits per heavy atom. The van der Waals surface area contributed by atoms with Crippen molar-refractivity contribution in [3.63, 3.8) is 0 Å². The number of hydrogen-bond acceptors (Lipinski definition) is 2. The van der Waals surface area contributed by atoms with E-state index < -0.39 is 48.2 Å². The van der Waals surface area contributed by atoms with Crippen molar-refractivity contribution in [1.82, 2.24) is 0 Å². The Bertz CT molecular complexity index is 509. The summed E-state index contributed by atoms with van der Waals surface area (Å²) in [7, 11) is 0. The molecule has 0 heterocycles. The van der Waals surface area contributed by atoms with Crippen LogP contribution in [0.1, 0.15) is 16.8 Å². The third kappa shape index (κ3) is 5.40. The van der Waals surface area contributed by atoms with Crippen molar-refractivity contribution >= 4 is 16.9 Å². The summed E-state index contributed by atoms with van der Waals surface area (Å²) in [6, 6.07) is 7.60. The smallest absolute Gasteiger partial charge is 0.282 e. The summed E-state index contributed by atoms with van der Waals surface area (Å²) in [5.74, 6) is -9.87. The van der Waals surface area contributed by atoms with Crippen molar-refractivity contribution in [3.05, 3.63) is 35.9 Å². The maximum Gasteiger partial charge on any atom is 0.309 e. The molecule has 1 nitrogen and oxygen atoms in total. The normalized spacial score (nSPS) is 15.3. The van der Waals surface area contributed by atoms with Crippen LogP contribution in [0.4, 0.5) is 30.7 Å². The molecule has 0 spiro atoms. The van der Waals surface area contributed by atoms with Gasteiger partial charge in [-0.15, -0.1) is 0 Å². The van der Waals surface area contributed by atoms with Crippen LogP contribution in [0, 0.1) is 0 Å². The van der Waals surface area contributed by atoms with Gasteiger partial charge in [0.15, 0.2) is 6.67 Å². The summed E-state index contributed by atoms with van der Waals surface area (Å²) in [4.78, 5) is 11.6. The molecule has 2 atom stereocenters. The first-order valence-electron chi connectivity index (χ1n) is 6.44. The Morgan fingerprint density at radius 3 is 2.04 bits per heavy atom. The molecule has 1 aromatic carbocycles. The minimum absolute atomic E-state index is 0.227. The lowest BCUT2D eigenvalue weighted by molar-refractivity contribution is -0.171. The number of thioether (sulfide) groups is 1. The fourth-order valence-electron chi connectivity index (χ4n) is 1.58. The number of halogens is 7. The van der Waals surface area contributed by atoms with Crippen LogP contribution in [0.25, 0.3) is 0 Å². The highest BCUT2D eigenvalue weighted by molar-refractivity contribution is 8.14. The zero-order valence-corrected chi connectivity index (χ0v) is 12.4. The Kier molecular flexibility index (Phi) is 6.91. The second kappa shape index (κ2) is 8.03. The van der Waals surface area contributed by atoms with Crippen LogP contribution < -0.4 is 0 Å². The first-order valence-corrected chi connectivity index (χ1v) is 7.42. The van der Waals surface area contributed by atoms with Crippen molar-refractivity contribution in [3.8, 4) is 0 Å². The Hall–Kier alpha value is -1.25. The topological polar surface area (TPSA) is 17.1 Å². The van der Waals surface area contributed by atoms with Gasteiger partial charge in [-0.2, -0.15) is 0 Å². The van der Waals surface area contributed by atoms with Crippen LogP contribution in [0.5, 0.6) is 0 Å². The van der Waals surface area contributed by atoms with E-state index in [1.54, 1.807) is 18.2 Å². The van der Waals surface area contributed by atoms with Gasteiger partial charge < -0.3 is 0 Å². The number of carbonyl (C=O) groups excluding carboxylic acids is 1. The molecule has 0 aliphatic heterocycles. The fraction of sp³-hybridized carbons (Fsp3) is 0.500. The molecule has 2 unspecified atom stereocenters. The predicted molar refractivity (Wildman–Crippen MR) is 73.5 cm³/mol. The van der Waals surface area contributed by atoms with Gasteiger partial charge >= 0.3 is 5.92 Å². The average Bonchev–Trinajstić information content (AvgIpc) is 2.53.